The number of carboxylic acid groups (broad SMARTS) is 2. The van der Waals surface area contributed by atoms with Crippen LogP contribution in [0.1, 0.15) is 48.3 Å². The summed E-state index contributed by atoms with van der Waals surface area (Å²) in [7, 11) is 0. The van der Waals surface area contributed by atoms with E-state index in [0.29, 0.717) is 17.5 Å². The van der Waals surface area contributed by atoms with Gasteiger partial charge in [0.05, 0.1) is 5.92 Å². The second-order valence-electron chi connectivity index (χ2n) is 9.90. The topological polar surface area (TPSA) is 301 Å². The van der Waals surface area contributed by atoms with E-state index in [9.17, 15) is 37.5 Å². The largest absolute Gasteiger partial charge is 0.490 e. The number of carbonyl (C=O) groups is 5. The minimum Gasteiger partial charge on any atom is -0.481 e. The Balaban J connectivity index is 0.00000141. The van der Waals surface area contributed by atoms with E-state index in [4.69, 9.17) is 37.9 Å². The molecule has 19 heteroatoms. The molecule has 1 aromatic heterocycles. The Morgan fingerprint density at radius 1 is 0.894 bits per heavy atom. The van der Waals surface area contributed by atoms with Crippen molar-refractivity contribution in [3.63, 3.8) is 0 Å². The lowest BCUT2D eigenvalue weighted by Crippen LogP contribution is -2.53. The van der Waals surface area contributed by atoms with Gasteiger partial charge in [-0.15, -0.1) is 0 Å². The zero-order valence-electron chi connectivity index (χ0n) is 24.8. The van der Waals surface area contributed by atoms with Crippen molar-refractivity contribution < 1.29 is 47.4 Å². The highest BCUT2D eigenvalue weighted by Crippen LogP contribution is 2.22. The molecule has 0 bridgehead atoms. The zero-order valence-corrected chi connectivity index (χ0v) is 24.8. The number of carboxylic acids is 2. The molecule has 13 N–H and O–H groups in total. The predicted octanol–water partition coefficient (Wildman–Crippen LogP) is -0.0918. The average Bonchev–Trinajstić information content (AvgIpc) is 2.99. The van der Waals surface area contributed by atoms with Crippen LogP contribution < -0.4 is 33.2 Å². The van der Waals surface area contributed by atoms with Crippen LogP contribution in [0.25, 0.3) is 0 Å². The third kappa shape index (κ3) is 15.2. The number of aliphatic carboxylic acids is 2. The van der Waals surface area contributed by atoms with E-state index in [1.807, 2.05) is 0 Å². The number of hydrogen-bond donors (Lipinski definition) is 10. The number of nitrogens with zero attached hydrogens (tertiary/aromatic N) is 1. The first-order valence-corrected chi connectivity index (χ1v) is 13.8. The summed E-state index contributed by atoms with van der Waals surface area (Å²) in [6, 6.07) is 7.83. The van der Waals surface area contributed by atoms with Gasteiger partial charge in [0.2, 0.25) is 17.7 Å². The minimum absolute atomic E-state index is 0.0928. The number of rotatable bonds is 16. The molecule has 2 aromatic rings. The van der Waals surface area contributed by atoms with Gasteiger partial charge >= 0.3 is 18.1 Å². The summed E-state index contributed by atoms with van der Waals surface area (Å²) in [5.74, 6) is -7.15. The number of primary amides is 1. The number of halogens is 3. The van der Waals surface area contributed by atoms with Crippen molar-refractivity contribution >= 4 is 41.5 Å². The summed E-state index contributed by atoms with van der Waals surface area (Å²) >= 11 is 0. The summed E-state index contributed by atoms with van der Waals surface area (Å²) < 4.78 is 31.7. The van der Waals surface area contributed by atoms with Crippen LogP contribution in [0.5, 0.6) is 0 Å². The van der Waals surface area contributed by atoms with Crippen molar-refractivity contribution in [1.82, 2.24) is 20.9 Å². The van der Waals surface area contributed by atoms with Crippen LogP contribution in [0, 0.1) is 10.8 Å². The zero-order chi connectivity index (χ0) is 35.7. The van der Waals surface area contributed by atoms with Gasteiger partial charge in [0.15, 0.2) is 5.96 Å². The Bertz CT molecular complexity index is 1410. The number of amides is 3. The maximum Gasteiger partial charge on any atom is 0.490 e. The first kappa shape index (κ1) is 39.3. The third-order valence-corrected chi connectivity index (χ3v) is 6.28. The summed E-state index contributed by atoms with van der Waals surface area (Å²) in [5.41, 5.74) is 18.0. The van der Waals surface area contributed by atoms with Crippen molar-refractivity contribution in [2.24, 2.45) is 17.2 Å². The third-order valence-electron chi connectivity index (χ3n) is 6.28. The minimum atomic E-state index is -5.08. The van der Waals surface area contributed by atoms with Crippen LogP contribution in [0.4, 0.5) is 13.2 Å². The predicted molar refractivity (Wildman–Crippen MR) is 161 cm³/mol. The lowest BCUT2D eigenvalue weighted by atomic mass is 9.91. The normalized spacial score (nSPS) is 12.6. The maximum atomic E-state index is 13.5. The van der Waals surface area contributed by atoms with Crippen molar-refractivity contribution in [2.75, 3.05) is 6.54 Å². The summed E-state index contributed by atoms with van der Waals surface area (Å²) in [6.07, 6.45) is -1.93. The molecule has 0 spiro atoms. The number of nitrogens with one attached hydrogen (secondary N) is 5. The molecule has 3 atom stereocenters. The lowest BCUT2D eigenvalue weighted by molar-refractivity contribution is -0.192. The Hall–Kier alpha value is -5.75. The second-order valence-corrected chi connectivity index (χ2v) is 9.90. The molecule has 0 aliphatic carbocycles. The summed E-state index contributed by atoms with van der Waals surface area (Å²) in [6.45, 7) is 0.272. The fourth-order valence-corrected chi connectivity index (χ4v) is 3.90. The molecule has 2 rings (SSSR count). The number of hydrogen-bond acceptors (Lipinski definition) is 8. The van der Waals surface area contributed by atoms with Gasteiger partial charge in [-0.1, -0.05) is 30.3 Å². The smallest absolute Gasteiger partial charge is 0.481 e. The Morgan fingerprint density at radius 2 is 1.49 bits per heavy atom. The fourth-order valence-electron chi connectivity index (χ4n) is 3.90. The summed E-state index contributed by atoms with van der Waals surface area (Å²) in [4.78, 5) is 62.8. The number of pyridine rings is 1. The molecular weight excluding hydrogens is 631 g/mol. The Labute approximate surface area is 266 Å². The van der Waals surface area contributed by atoms with Gasteiger partial charge in [-0.3, -0.25) is 35.0 Å². The number of nitrogens with two attached hydrogens (primary N) is 3. The van der Waals surface area contributed by atoms with Crippen LogP contribution >= 0.6 is 0 Å². The van der Waals surface area contributed by atoms with Gasteiger partial charge in [0, 0.05) is 30.9 Å². The van der Waals surface area contributed by atoms with Gasteiger partial charge in [-0.25, -0.2) is 4.79 Å². The molecule has 0 radical (unpaired) electrons. The standard InChI is InChI=1S/C26H35N9O5.C2HF3O2/c27-22(28)16-7-5-15(6-8-16)13-18(17-3-1-11-32-14-17)24(39)35-20(9-10-21(36)37)25(40)34-19(23(29)38)4-2-12-33-26(30)31;3-2(4,5)1(6)7/h1,3,5-8,11,14,18-20H,2,4,9-10,12-13H2,(H3,27,28)(H2,29,38)(H,34,40)(H,35,39)(H,36,37)(H4,30,31,33);(H,6,7)/t18-,19+,20+;/m1./s1. The number of alkyl halides is 3. The quantitative estimate of drug-likeness (QED) is 0.0641. The van der Waals surface area contributed by atoms with E-state index >= 15 is 0 Å². The molecule has 1 heterocycles. The SMILES string of the molecule is N=C(N)NCCC[C@H](NC(=O)[C@H](CCC(=O)O)NC(=O)[C@H](Cc1ccc(C(=N)N)cc1)c1cccnc1)C(N)=O.O=C(O)C(F)(F)F. The van der Waals surface area contributed by atoms with Crippen molar-refractivity contribution in [3.05, 3.63) is 65.5 Å². The molecular formula is C28H36F3N9O7. The monoisotopic (exact) mass is 667 g/mol. The maximum absolute atomic E-state index is 13.5. The van der Waals surface area contributed by atoms with E-state index in [0.717, 1.165) is 5.56 Å². The number of nitrogen functional groups attached to an aromatic ring is 1. The molecule has 0 unspecified atom stereocenters. The van der Waals surface area contributed by atoms with Crippen molar-refractivity contribution in [2.45, 2.75) is 56.3 Å². The van der Waals surface area contributed by atoms with E-state index in [1.165, 1.54) is 6.20 Å². The Kier molecular flexibility index (Phi) is 15.8. The highest BCUT2D eigenvalue weighted by atomic mass is 19.4. The van der Waals surface area contributed by atoms with Gasteiger partial charge < -0.3 is 43.4 Å². The molecule has 0 aliphatic rings. The molecule has 0 fully saturated rings. The van der Waals surface area contributed by atoms with Crippen LogP contribution in [0.2, 0.25) is 0 Å². The molecule has 0 saturated carbocycles. The molecule has 3 amide bonds. The number of guanidine groups is 1. The molecule has 47 heavy (non-hydrogen) atoms. The molecule has 0 saturated heterocycles. The molecule has 16 nitrogen and oxygen atoms in total. The van der Waals surface area contributed by atoms with E-state index in [2.05, 4.69) is 20.9 Å². The second kappa shape index (κ2) is 18.9. The van der Waals surface area contributed by atoms with E-state index in [1.54, 1.807) is 42.6 Å². The molecule has 256 valence electrons. The van der Waals surface area contributed by atoms with Gasteiger partial charge in [-0.05, 0) is 42.9 Å². The molecule has 1 aromatic carbocycles. The first-order chi connectivity index (χ1) is 21.9. The van der Waals surface area contributed by atoms with Crippen LogP contribution in [0.3, 0.4) is 0 Å². The highest BCUT2D eigenvalue weighted by Gasteiger charge is 2.38. The van der Waals surface area contributed by atoms with Gasteiger partial charge in [0.25, 0.3) is 0 Å². The van der Waals surface area contributed by atoms with Gasteiger partial charge in [0.1, 0.15) is 17.9 Å². The average molecular weight is 668 g/mol. The van der Waals surface area contributed by atoms with Crippen molar-refractivity contribution in [1.29, 1.82) is 10.8 Å². The fraction of sp³-hybridized carbons (Fsp3) is 0.357. The Morgan fingerprint density at radius 3 is 1.96 bits per heavy atom. The lowest BCUT2D eigenvalue weighted by Gasteiger charge is -2.24. The van der Waals surface area contributed by atoms with E-state index < -0.39 is 60.3 Å². The highest BCUT2D eigenvalue weighted by molar-refractivity contribution is 5.95. The number of carbonyl (C=O) groups excluding carboxylic acids is 3. The number of benzene rings is 1. The number of aromatic nitrogens is 1. The van der Waals surface area contributed by atoms with E-state index in [-0.39, 0.29) is 37.6 Å². The summed E-state index contributed by atoms with van der Waals surface area (Å²) in [5, 5.41) is 38.8. The van der Waals surface area contributed by atoms with Crippen LogP contribution in [-0.4, -0.2) is 81.5 Å². The number of amidine groups is 1. The van der Waals surface area contributed by atoms with Crippen LogP contribution in [-0.2, 0) is 30.4 Å². The van der Waals surface area contributed by atoms with Gasteiger partial charge in [-0.2, -0.15) is 13.2 Å². The first-order valence-electron chi connectivity index (χ1n) is 13.8. The molecule has 0 aliphatic heterocycles. The van der Waals surface area contributed by atoms with Crippen molar-refractivity contribution in [3.8, 4) is 0 Å². The van der Waals surface area contributed by atoms with Crippen LogP contribution in [0.15, 0.2) is 48.8 Å².